The zero-order valence-electron chi connectivity index (χ0n) is 18.8. The monoisotopic (exact) mass is 443 g/mol. The van der Waals surface area contributed by atoms with Crippen LogP contribution in [0.15, 0.2) is 72.8 Å². The molecule has 1 heterocycles. The summed E-state index contributed by atoms with van der Waals surface area (Å²) in [5.41, 5.74) is 3.13. The number of methoxy groups -OCH3 is 1. The smallest absolute Gasteiger partial charge is 0.344 e. The fourth-order valence-corrected chi connectivity index (χ4v) is 3.84. The maximum atomic E-state index is 12.7. The molecule has 0 radical (unpaired) electrons. The summed E-state index contributed by atoms with van der Waals surface area (Å²) in [6.07, 6.45) is 0. The molecule has 0 spiro atoms. The van der Waals surface area contributed by atoms with Gasteiger partial charge in [0.15, 0.2) is 13.2 Å². The molecule has 0 aliphatic heterocycles. The normalized spacial score (nSPS) is 10.8. The molecular weight excluding hydrogens is 418 g/mol. The van der Waals surface area contributed by atoms with Gasteiger partial charge in [0, 0.05) is 22.6 Å². The molecule has 3 aromatic carbocycles. The fraction of sp³-hybridized carbons (Fsp3) is 0.185. The number of nitrogens with zero attached hydrogens (tertiary/aromatic N) is 1. The lowest BCUT2D eigenvalue weighted by molar-refractivity contribution is -0.144. The van der Waals surface area contributed by atoms with E-state index in [1.54, 1.807) is 19.2 Å². The van der Waals surface area contributed by atoms with Crippen LogP contribution in [0.3, 0.4) is 0 Å². The molecule has 33 heavy (non-hydrogen) atoms. The van der Waals surface area contributed by atoms with Crippen molar-refractivity contribution >= 4 is 22.5 Å². The predicted molar refractivity (Wildman–Crippen MR) is 127 cm³/mol. The summed E-state index contributed by atoms with van der Waals surface area (Å²) in [5, 5.41) is 2.11. The first-order valence-corrected chi connectivity index (χ1v) is 10.6. The first-order valence-electron chi connectivity index (χ1n) is 10.6. The number of ketones is 1. The van der Waals surface area contributed by atoms with Crippen LogP contribution >= 0.6 is 0 Å². The first kappa shape index (κ1) is 22.1. The number of carbonyl (C=O) groups excluding carboxylic acids is 2. The van der Waals surface area contributed by atoms with Gasteiger partial charge in [0.05, 0.1) is 7.11 Å². The Hall–Kier alpha value is -4.06. The van der Waals surface area contributed by atoms with Crippen molar-refractivity contribution in [3.63, 3.8) is 0 Å². The lowest BCUT2D eigenvalue weighted by atomic mass is 10.1. The Morgan fingerprint density at radius 2 is 1.52 bits per heavy atom. The predicted octanol–water partition coefficient (Wildman–Crippen LogP) is 5.06. The van der Waals surface area contributed by atoms with Gasteiger partial charge in [-0.3, -0.25) is 4.79 Å². The van der Waals surface area contributed by atoms with Gasteiger partial charge in [-0.05, 0) is 67.1 Å². The maximum absolute atomic E-state index is 12.7. The Kier molecular flexibility index (Phi) is 6.45. The summed E-state index contributed by atoms with van der Waals surface area (Å²) in [4.78, 5) is 24.9. The number of ether oxygens (including phenoxy) is 3. The van der Waals surface area contributed by atoms with Crippen LogP contribution in [-0.4, -0.2) is 36.6 Å². The second-order valence-electron chi connectivity index (χ2n) is 7.70. The molecule has 0 saturated heterocycles. The van der Waals surface area contributed by atoms with E-state index in [1.165, 1.54) is 0 Å². The summed E-state index contributed by atoms with van der Waals surface area (Å²) < 4.78 is 17.9. The number of hydrogen-bond acceptors (Lipinski definition) is 5. The van der Waals surface area contributed by atoms with Gasteiger partial charge in [0.25, 0.3) is 0 Å². The maximum Gasteiger partial charge on any atom is 0.344 e. The van der Waals surface area contributed by atoms with Crippen molar-refractivity contribution in [3.05, 3.63) is 89.7 Å². The number of benzene rings is 3. The van der Waals surface area contributed by atoms with Crippen LogP contribution in [0.4, 0.5) is 0 Å². The van der Waals surface area contributed by atoms with E-state index in [-0.39, 0.29) is 19.0 Å². The molecule has 0 atom stereocenters. The lowest BCUT2D eigenvalue weighted by Gasteiger charge is -2.11. The molecule has 0 N–H and O–H groups in total. The average Bonchev–Trinajstić information content (AvgIpc) is 3.14. The Morgan fingerprint density at radius 1 is 0.818 bits per heavy atom. The van der Waals surface area contributed by atoms with Crippen molar-refractivity contribution in [2.45, 2.75) is 13.8 Å². The molecule has 0 fully saturated rings. The van der Waals surface area contributed by atoms with E-state index in [2.05, 4.69) is 0 Å². The molecule has 0 aliphatic rings. The zero-order valence-corrected chi connectivity index (χ0v) is 18.8. The molecule has 0 bridgehead atoms. The molecule has 1 aromatic heterocycles. The van der Waals surface area contributed by atoms with Gasteiger partial charge in [-0.2, -0.15) is 0 Å². The van der Waals surface area contributed by atoms with E-state index in [1.807, 2.05) is 79.1 Å². The summed E-state index contributed by atoms with van der Waals surface area (Å²) in [6, 6.07) is 22.9. The zero-order chi connectivity index (χ0) is 23.4. The highest BCUT2D eigenvalue weighted by Crippen LogP contribution is 2.23. The molecule has 0 unspecified atom stereocenters. The number of aryl methyl sites for hydroxylation is 1. The fourth-order valence-electron chi connectivity index (χ4n) is 3.84. The number of hydrogen-bond donors (Lipinski definition) is 0. The molecule has 0 amide bonds. The van der Waals surface area contributed by atoms with Crippen molar-refractivity contribution in [1.82, 2.24) is 4.57 Å². The Morgan fingerprint density at radius 3 is 2.24 bits per heavy atom. The number of esters is 1. The third-order valence-corrected chi connectivity index (χ3v) is 5.50. The second-order valence-corrected chi connectivity index (χ2v) is 7.70. The number of rotatable bonds is 8. The van der Waals surface area contributed by atoms with Crippen LogP contribution in [0.25, 0.3) is 16.5 Å². The SMILES string of the molecule is COc1ccc(-n2c(C)cc(C(=O)COC(=O)COc3ccc4ccccc4c3)c2C)cc1. The number of Topliss-reactive ketones (excluding diaryl/α,β-unsaturated/α-hetero) is 1. The van der Waals surface area contributed by atoms with Crippen LogP contribution in [0.5, 0.6) is 11.5 Å². The first-order chi connectivity index (χ1) is 16.0. The third-order valence-electron chi connectivity index (χ3n) is 5.50. The molecule has 0 aliphatic carbocycles. The van der Waals surface area contributed by atoms with E-state index in [4.69, 9.17) is 14.2 Å². The number of fused-ring (bicyclic) bond motifs is 1. The van der Waals surface area contributed by atoms with E-state index >= 15 is 0 Å². The second kappa shape index (κ2) is 9.61. The van der Waals surface area contributed by atoms with Crippen molar-refractivity contribution in [1.29, 1.82) is 0 Å². The Balaban J connectivity index is 1.36. The van der Waals surface area contributed by atoms with Crippen molar-refractivity contribution in [2.75, 3.05) is 20.3 Å². The summed E-state index contributed by atoms with van der Waals surface area (Å²) in [7, 11) is 1.62. The third kappa shape index (κ3) is 4.90. The largest absolute Gasteiger partial charge is 0.497 e. The van der Waals surface area contributed by atoms with Gasteiger partial charge in [-0.15, -0.1) is 0 Å². The minimum Gasteiger partial charge on any atom is -0.497 e. The van der Waals surface area contributed by atoms with E-state index in [0.29, 0.717) is 11.3 Å². The average molecular weight is 443 g/mol. The minimum atomic E-state index is -0.597. The van der Waals surface area contributed by atoms with Gasteiger partial charge < -0.3 is 18.8 Å². The number of aromatic nitrogens is 1. The molecule has 6 heteroatoms. The van der Waals surface area contributed by atoms with E-state index in [9.17, 15) is 9.59 Å². The van der Waals surface area contributed by atoms with Gasteiger partial charge >= 0.3 is 5.97 Å². The minimum absolute atomic E-state index is 0.262. The standard InChI is InChI=1S/C27H25NO5/c1-18-14-25(19(2)28(18)22-9-12-23(31-3)13-10-22)26(29)16-33-27(30)17-32-24-11-8-20-6-4-5-7-21(20)15-24/h4-15H,16-17H2,1-3H3. The Bertz CT molecular complexity index is 1300. The van der Waals surface area contributed by atoms with Crippen molar-refractivity contribution in [3.8, 4) is 17.2 Å². The summed E-state index contributed by atoms with van der Waals surface area (Å²) in [5.74, 6) is 0.470. The number of carbonyl (C=O) groups is 2. The Labute approximate surface area is 192 Å². The van der Waals surface area contributed by atoms with Crippen LogP contribution in [0.1, 0.15) is 21.7 Å². The van der Waals surface area contributed by atoms with Crippen molar-refractivity contribution < 1.29 is 23.8 Å². The molecule has 6 nitrogen and oxygen atoms in total. The molecule has 168 valence electrons. The van der Waals surface area contributed by atoms with Crippen LogP contribution in [0, 0.1) is 13.8 Å². The lowest BCUT2D eigenvalue weighted by Crippen LogP contribution is -2.19. The molecular formula is C27H25NO5. The quantitative estimate of drug-likeness (QED) is 0.281. The van der Waals surface area contributed by atoms with Crippen LogP contribution in [-0.2, 0) is 9.53 Å². The van der Waals surface area contributed by atoms with Crippen molar-refractivity contribution in [2.24, 2.45) is 0 Å². The highest BCUT2D eigenvalue weighted by atomic mass is 16.6. The molecule has 4 aromatic rings. The van der Waals surface area contributed by atoms with E-state index < -0.39 is 5.97 Å². The highest BCUT2D eigenvalue weighted by molar-refractivity contribution is 5.99. The van der Waals surface area contributed by atoms with Gasteiger partial charge in [-0.1, -0.05) is 30.3 Å². The van der Waals surface area contributed by atoms with Crippen LogP contribution < -0.4 is 9.47 Å². The van der Waals surface area contributed by atoms with Gasteiger partial charge in [0.1, 0.15) is 11.5 Å². The topological polar surface area (TPSA) is 66.8 Å². The van der Waals surface area contributed by atoms with Crippen LogP contribution in [0.2, 0.25) is 0 Å². The summed E-state index contributed by atoms with van der Waals surface area (Å²) in [6.45, 7) is 3.19. The van der Waals surface area contributed by atoms with Gasteiger partial charge in [-0.25, -0.2) is 4.79 Å². The summed E-state index contributed by atoms with van der Waals surface area (Å²) >= 11 is 0. The van der Waals surface area contributed by atoms with E-state index in [0.717, 1.165) is 33.6 Å². The molecule has 4 rings (SSSR count). The molecule has 0 saturated carbocycles. The highest BCUT2D eigenvalue weighted by Gasteiger charge is 2.18. The van der Waals surface area contributed by atoms with Gasteiger partial charge in [0.2, 0.25) is 5.78 Å².